The quantitative estimate of drug-likeness (QED) is 0.384. The van der Waals surface area contributed by atoms with Gasteiger partial charge in [0.15, 0.2) is 0 Å². The summed E-state index contributed by atoms with van der Waals surface area (Å²) in [5.41, 5.74) is 4.09. The van der Waals surface area contributed by atoms with Crippen molar-refractivity contribution >= 4 is 17.9 Å². The zero-order chi connectivity index (χ0) is 20.5. The number of rotatable bonds is 7. The van der Waals surface area contributed by atoms with Gasteiger partial charge in [0, 0.05) is 24.7 Å². The highest BCUT2D eigenvalue weighted by molar-refractivity contribution is 5.94. The molecule has 152 valence electrons. The summed E-state index contributed by atoms with van der Waals surface area (Å²) >= 11 is 0. The molecule has 0 atom stereocenters. The summed E-state index contributed by atoms with van der Waals surface area (Å²) in [7, 11) is 0. The van der Waals surface area contributed by atoms with Crippen LogP contribution in [0.1, 0.15) is 34.3 Å². The third-order valence-corrected chi connectivity index (χ3v) is 5.22. The lowest BCUT2D eigenvalue weighted by Crippen LogP contribution is -2.38. The van der Waals surface area contributed by atoms with Gasteiger partial charge >= 0.3 is 0 Å². The molecule has 2 amide bonds. The van der Waals surface area contributed by atoms with Crippen LogP contribution >= 0.6 is 0 Å². The Morgan fingerprint density at radius 2 is 1.72 bits per heavy atom. The number of benzene rings is 2. The molecule has 0 spiro atoms. The van der Waals surface area contributed by atoms with E-state index in [0.717, 1.165) is 38.0 Å². The normalized spacial score (nSPS) is 15.3. The maximum Gasteiger partial charge on any atom is 0.274 e. The molecule has 0 saturated carbocycles. The average Bonchev–Trinajstić information content (AvgIpc) is 2.77. The Bertz CT molecular complexity index is 826. The fourth-order valence-electron chi connectivity index (χ4n) is 3.48. The second kappa shape index (κ2) is 10.5. The summed E-state index contributed by atoms with van der Waals surface area (Å²) in [6.07, 6.45) is 5.39. The Morgan fingerprint density at radius 3 is 2.38 bits per heavy atom. The van der Waals surface area contributed by atoms with Crippen LogP contribution in [0.2, 0.25) is 0 Å². The van der Waals surface area contributed by atoms with Gasteiger partial charge in [0.05, 0.1) is 0 Å². The van der Waals surface area contributed by atoms with Crippen LogP contribution in [0.15, 0.2) is 60.7 Å². The van der Waals surface area contributed by atoms with Crippen molar-refractivity contribution in [3.63, 3.8) is 0 Å². The topological polar surface area (TPSA) is 81.7 Å². The van der Waals surface area contributed by atoms with Gasteiger partial charge in [0.25, 0.3) is 5.91 Å². The van der Waals surface area contributed by atoms with Gasteiger partial charge in [-0.15, -0.1) is 0 Å². The number of likely N-dealkylation sites (tertiary alicyclic amines) is 1. The first-order valence-electron chi connectivity index (χ1n) is 9.91. The van der Waals surface area contributed by atoms with Crippen molar-refractivity contribution in [1.29, 1.82) is 0 Å². The zero-order valence-corrected chi connectivity index (χ0v) is 16.4. The van der Waals surface area contributed by atoms with Gasteiger partial charge in [0.2, 0.25) is 5.91 Å². The van der Waals surface area contributed by atoms with Crippen LogP contribution in [0.5, 0.6) is 0 Å². The largest absolute Gasteiger partial charge is 0.352 e. The summed E-state index contributed by atoms with van der Waals surface area (Å²) in [6.45, 7) is 3.79. The summed E-state index contributed by atoms with van der Waals surface area (Å²) in [6, 6.07) is 17.1. The van der Waals surface area contributed by atoms with E-state index in [4.69, 9.17) is 5.21 Å². The molecule has 3 N–H and O–H groups in total. The summed E-state index contributed by atoms with van der Waals surface area (Å²) in [5, 5.41) is 11.6. The smallest absolute Gasteiger partial charge is 0.274 e. The van der Waals surface area contributed by atoms with E-state index in [-0.39, 0.29) is 5.91 Å². The van der Waals surface area contributed by atoms with E-state index in [1.54, 1.807) is 35.8 Å². The van der Waals surface area contributed by atoms with E-state index in [0.29, 0.717) is 18.0 Å². The molecule has 2 aromatic rings. The molecule has 6 heteroatoms. The van der Waals surface area contributed by atoms with Crippen molar-refractivity contribution in [2.45, 2.75) is 19.4 Å². The number of nitrogens with one attached hydrogen (secondary N) is 2. The first-order chi connectivity index (χ1) is 14.1. The van der Waals surface area contributed by atoms with Crippen LogP contribution in [-0.4, -0.2) is 41.6 Å². The highest BCUT2D eigenvalue weighted by Gasteiger charge is 2.19. The van der Waals surface area contributed by atoms with E-state index < -0.39 is 5.91 Å². The molecule has 29 heavy (non-hydrogen) atoms. The predicted octanol–water partition coefficient (Wildman–Crippen LogP) is 2.85. The fraction of sp³-hybridized carbons (Fsp3) is 0.304. The fourth-order valence-corrected chi connectivity index (χ4v) is 3.48. The molecular weight excluding hydrogens is 366 g/mol. The van der Waals surface area contributed by atoms with Gasteiger partial charge in [-0.3, -0.25) is 19.7 Å². The number of hydroxylamine groups is 1. The van der Waals surface area contributed by atoms with Gasteiger partial charge in [-0.05, 0) is 61.2 Å². The molecular formula is C23H27N3O3. The van der Waals surface area contributed by atoms with Gasteiger partial charge in [-0.1, -0.05) is 42.5 Å². The van der Waals surface area contributed by atoms with Crippen LogP contribution in [0.3, 0.4) is 0 Å². The second-order valence-corrected chi connectivity index (χ2v) is 7.35. The third-order valence-electron chi connectivity index (χ3n) is 5.22. The summed E-state index contributed by atoms with van der Waals surface area (Å²) < 4.78 is 0. The lowest BCUT2D eigenvalue weighted by Gasteiger charge is -2.32. The van der Waals surface area contributed by atoms with Gasteiger partial charge in [0.1, 0.15) is 0 Å². The van der Waals surface area contributed by atoms with Crippen molar-refractivity contribution in [3.05, 3.63) is 77.4 Å². The van der Waals surface area contributed by atoms with Crippen LogP contribution in [0.25, 0.3) is 6.08 Å². The number of nitrogens with zero attached hydrogens (tertiary/aromatic N) is 1. The number of hydrogen-bond donors (Lipinski definition) is 3. The first kappa shape index (κ1) is 20.8. The van der Waals surface area contributed by atoms with Crippen molar-refractivity contribution in [2.24, 2.45) is 5.92 Å². The van der Waals surface area contributed by atoms with E-state index in [2.05, 4.69) is 34.5 Å². The minimum absolute atomic E-state index is 0.117. The minimum atomic E-state index is -0.562. The molecule has 0 aliphatic carbocycles. The predicted molar refractivity (Wildman–Crippen MR) is 112 cm³/mol. The Hall–Kier alpha value is -2.96. The molecule has 1 heterocycles. The van der Waals surface area contributed by atoms with Gasteiger partial charge < -0.3 is 5.32 Å². The summed E-state index contributed by atoms with van der Waals surface area (Å²) in [5.74, 6) is -0.169. The Balaban J connectivity index is 1.37. The van der Waals surface area contributed by atoms with Gasteiger partial charge in [-0.2, -0.15) is 0 Å². The van der Waals surface area contributed by atoms with Crippen LogP contribution in [-0.2, 0) is 11.3 Å². The number of hydrogen-bond acceptors (Lipinski definition) is 4. The van der Waals surface area contributed by atoms with Crippen molar-refractivity contribution < 1.29 is 14.8 Å². The monoisotopic (exact) mass is 393 g/mol. The third kappa shape index (κ3) is 6.55. The standard InChI is InChI=1S/C23H27N3O3/c27-22(11-8-18-6-9-21(10-7-18)23(28)25-29)24-16-19-12-14-26(15-13-19)17-20-4-2-1-3-5-20/h1-11,19,29H,12-17H2,(H,24,27)(H,25,28). The number of carbonyl (C=O) groups is 2. The minimum Gasteiger partial charge on any atom is -0.352 e. The van der Waals surface area contributed by atoms with Gasteiger partial charge in [-0.25, -0.2) is 5.48 Å². The first-order valence-corrected chi connectivity index (χ1v) is 9.91. The molecule has 3 rings (SSSR count). The van der Waals surface area contributed by atoms with E-state index in [1.807, 2.05) is 6.07 Å². The molecule has 1 aliphatic rings. The molecule has 6 nitrogen and oxygen atoms in total. The lowest BCUT2D eigenvalue weighted by molar-refractivity contribution is -0.116. The molecule has 0 aromatic heterocycles. The zero-order valence-electron chi connectivity index (χ0n) is 16.4. The number of amides is 2. The molecule has 2 aromatic carbocycles. The van der Waals surface area contributed by atoms with Crippen LogP contribution < -0.4 is 10.8 Å². The van der Waals surface area contributed by atoms with E-state index in [1.165, 1.54) is 11.6 Å². The van der Waals surface area contributed by atoms with Crippen molar-refractivity contribution in [3.8, 4) is 0 Å². The second-order valence-electron chi connectivity index (χ2n) is 7.35. The molecule has 0 unspecified atom stereocenters. The van der Waals surface area contributed by atoms with Crippen LogP contribution in [0, 0.1) is 5.92 Å². The number of piperidine rings is 1. The Morgan fingerprint density at radius 1 is 1.03 bits per heavy atom. The van der Waals surface area contributed by atoms with E-state index >= 15 is 0 Å². The van der Waals surface area contributed by atoms with Crippen molar-refractivity contribution in [1.82, 2.24) is 15.7 Å². The number of carbonyl (C=O) groups excluding carboxylic acids is 2. The van der Waals surface area contributed by atoms with Crippen molar-refractivity contribution in [2.75, 3.05) is 19.6 Å². The maximum absolute atomic E-state index is 12.1. The highest BCUT2D eigenvalue weighted by Crippen LogP contribution is 2.18. The van der Waals surface area contributed by atoms with E-state index in [9.17, 15) is 9.59 Å². The summed E-state index contributed by atoms with van der Waals surface area (Å²) in [4.78, 5) is 25.8. The maximum atomic E-state index is 12.1. The molecule has 1 saturated heterocycles. The van der Waals surface area contributed by atoms with Crippen LogP contribution in [0.4, 0.5) is 0 Å². The molecule has 1 fully saturated rings. The highest BCUT2D eigenvalue weighted by atomic mass is 16.5. The molecule has 1 aliphatic heterocycles. The lowest BCUT2D eigenvalue weighted by atomic mass is 9.96. The Labute approximate surface area is 171 Å². The molecule has 0 bridgehead atoms. The SMILES string of the molecule is O=C(C=Cc1ccc(C(=O)NO)cc1)NCC1CCN(Cc2ccccc2)CC1. The Kier molecular flexibility index (Phi) is 7.55. The molecule has 0 radical (unpaired) electrons. The average molecular weight is 393 g/mol.